The first-order chi connectivity index (χ1) is 16.3. The zero-order valence-corrected chi connectivity index (χ0v) is 20.9. The number of amides is 2. The second-order valence-electron chi connectivity index (χ2n) is 8.49. The minimum absolute atomic E-state index is 0.0250. The van der Waals surface area contributed by atoms with Crippen molar-refractivity contribution in [2.24, 2.45) is 0 Å². The van der Waals surface area contributed by atoms with Crippen LogP contribution in [-0.2, 0) is 26.2 Å². The van der Waals surface area contributed by atoms with E-state index in [0.29, 0.717) is 0 Å². The highest BCUT2D eigenvalue weighted by Crippen LogP contribution is 2.22. The van der Waals surface area contributed by atoms with Gasteiger partial charge in [-0.2, -0.15) is 0 Å². The molecule has 2 aromatic rings. The Bertz CT molecular complexity index is 1160. The summed E-state index contributed by atoms with van der Waals surface area (Å²) in [4.78, 5) is 26.9. The van der Waals surface area contributed by atoms with Crippen molar-refractivity contribution < 1.29 is 31.2 Å². The first kappa shape index (κ1) is 28.2. The monoisotopic (exact) mass is 513 g/mol. The maximum absolute atomic E-state index is 14.3. The standard InChI is InChI=1S/C24H30F3N3O4S/c1-16(2)28-24(32)17(3)29(15-18-8-5-6-9-20(18)25)23(31)10-7-13-30(35(4,33)34)19-11-12-21(26)22(27)14-19/h5-6,8-9,11-12,14,16-17H,7,10,13,15H2,1-4H3,(H,28,32)/t17-/m0/s1. The summed E-state index contributed by atoms with van der Waals surface area (Å²) in [5.74, 6) is -3.74. The summed E-state index contributed by atoms with van der Waals surface area (Å²) in [5.41, 5.74) is 0.149. The van der Waals surface area contributed by atoms with E-state index >= 15 is 0 Å². The number of halogens is 3. The van der Waals surface area contributed by atoms with Gasteiger partial charge < -0.3 is 10.2 Å². The number of hydrogen-bond acceptors (Lipinski definition) is 4. The van der Waals surface area contributed by atoms with Crippen molar-refractivity contribution in [1.82, 2.24) is 10.2 Å². The van der Waals surface area contributed by atoms with E-state index in [-0.39, 0.29) is 43.2 Å². The minimum Gasteiger partial charge on any atom is -0.352 e. The van der Waals surface area contributed by atoms with Crippen molar-refractivity contribution in [2.45, 2.75) is 52.2 Å². The molecule has 0 fully saturated rings. The number of nitrogens with one attached hydrogen (secondary N) is 1. The molecule has 0 saturated carbocycles. The van der Waals surface area contributed by atoms with Gasteiger partial charge in [-0.3, -0.25) is 13.9 Å². The highest BCUT2D eigenvalue weighted by atomic mass is 32.2. The fourth-order valence-electron chi connectivity index (χ4n) is 3.44. The van der Waals surface area contributed by atoms with Crippen LogP contribution >= 0.6 is 0 Å². The molecule has 0 spiro atoms. The number of sulfonamides is 1. The van der Waals surface area contributed by atoms with Crippen molar-refractivity contribution in [1.29, 1.82) is 0 Å². The van der Waals surface area contributed by atoms with E-state index in [2.05, 4.69) is 5.32 Å². The molecule has 0 saturated heterocycles. The first-order valence-corrected chi connectivity index (χ1v) is 12.9. The Morgan fingerprint density at radius 1 is 0.971 bits per heavy atom. The van der Waals surface area contributed by atoms with Crippen LogP contribution in [0.4, 0.5) is 18.9 Å². The zero-order chi connectivity index (χ0) is 26.3. The fraction of sp³-hybridized carbons (Fsp3) is 0.417. The lowest BCUT2D eigenvalue weighted by Crippen LogP contribution is -2.49. The Hall–Kier alpha value is -3.08. The van der Waals surface area contributed by atoms with Gasteiger partial charge in [0.05, 0.1) is 11.9 Å². The summed E-state index contributed by atoms with van der Waals surface area (Å²) >= 11 is 0. The second-order valence-corrected chi connectivity index (χ2v) is 10.4. The molecule has 0 bridgehead atoms. The van der Waals surface area contributed by atoms with E-state index in [1.54, 1.807) is 19.9 Å². The van der Waals surface area contributed by atoms with Gasteiger partial charge in [-0.1, -0.05) is 18.2 Å². The van der Waals surface area contributed by atoms with Crippen LogP contribution < -0.4 is 9.62 Å². The molecule has 192 valence electrons. The van der Waals surface area contributed by atoms with Crippen molar-refractivity contribution in [3.63, 3.8) is 0 Å². The van der Waals surface area contributed by atoms with Gasteiger partial charge in [0.1, 0.15) is 11.9 Å². The summed E-state index contributed by atoms with van der Waals surface area (Å²) in [5, 5.41) is 2.72. The van der Waals surface area contributed by atoms with Crippen LogP contribution in [0, 0.1) is 17.5 Å². The lowest BCUT2D eigenvalue weighted by atomic mass is 10.1. The number of benzene rings is 2. The summed E-state index contributed by atoms with van der Waals surface area (Å²) in [6.45, 7) is 4.73. The van der Waals surface area contributed by atoms with E-state index in [4.69, 9.17) is 0 Å². The third-order valence-electron chi connectivity index (χ3n) is 5.24. The molecule has 1 N–H and O–H groups in total. The van der Waals surface area contributed by atoms with Crippen LogP contribution in [0.3, 0.4) is 0 Å². The van der Waals surface area contributed by atoms with E-state index in [9.17, 15) is 31.2 Å². The summed E-state index contributed by atoms with van der Waals surface area (Å²) in [6.07, 6.45) is 0.777. The van der Waals surface area contributed by atoms with Crippen LogP contribution in [-0.4, -0.2) is 50.0 Å². The predicted octanol–water partition coefficient (Wildman–Crippen LogP) is 3.59. The van der Waals surface area contributed by atoms with Crippen molar-refractivity contribution >= 4 is 27.5 Å². The van der Waals surface area contributed by atoms with Gasteiger partial charge in [-0.25, -0.2) is 21.6 Å². The Morgan fingerprint density at radius 3 is 2.20 bits per heavy atom. The van der Waals surface area contributed by atoms with Crippen molar-refractivity contribution in [3.05, 3.63) is 65.5 Å². The average molecular weight is 514 g/mol. The molecule has 11 heteroatoms. The Kier molecular flexibility index (Phi) is 9.70. The van der Waals surface area contributed by atoms with Gasteiger partial charge in [-0.15, -0.1) is 0 Å². The van der Waals surface area contributed by atoms with Gasteiger partial charge >= 0.3 is 0 Å². The van der Waals surface area contributed by atoms with Gasteiger partial charge in [0.2, 0.25) is 21.8 Å². The number of hydrogen-bond donors (Lipinski definition) is 1. The maximum atomic E-state index is 14.3. The smallest absolute Gasteiger partial charge is 0.242 e. The summed E-state index contributed by atoms with van der Waals surface area (Å²) < 4.78 is 66.5. The molecular weight excluding hydrogens is 483 g/mol. The highest BCUT2D eigenvalue weighted by molar-refractivity contribution is 7.92. The zero-order valence-electron chi connectivity index (χ0n) is 20.1. The third kappa shape index (κ3) is 7.98. The van der Waals surface area contributed by atoms with Gasteiger partial charge in [0.25, 0.3) is 0 Å². The average Bonchev–Trinajstić information content (AvgIpc) is 2.76. The summed E-state index contributed by atoms with van der Waals surface area (Å²) in [7, 11) is -3.86. The molecule has 0 unspecified atom stereocenters. The van der Waals surface area contributed by atoms with Crippen LogP contribution in [0.2, 0.25) is 0 Å². The number of anilines is 1. The molecule has 0 aromatic heterocycles. The molecule has 0 heterocycles. The molecule has 0 aliphatic heterocycles. The van der Waals surface area contributed by atoms with E-state index in [1.807, 2.05) is 0 Å². The molecule has 2 rings (SSSR count). The molecule has 1 atom stereocenters. The number of nitrogens with zero attached hydrogens (tertiary/aromatic N) is 2. The number of rotatable bonds is 11. The van der Waals surface area contributed by atoms with E-state index < -0.39 is 45.3 Å². The molecule has 35 heavy (non-hydrogen) atoms. The molecule has 0 radical (unpaired) electrons. The molecule has 7 nitrogen and oxygen atoms in total. The normalized spacial score (nSPS) is 12.3. The molecule has 0 aliphatic rings. The Balaban J connectivity index is 2.20. The largest absolute Gasteiger partial charge is 0.352 e. The van der Waals surface area contributed by atoms with Crippen LogP contribution in [0.5, 0.6) is 0 Å². The predicted molar refractivity (Wildman–Crippen MR) is 127 cm³/mol. The fourth-order valence-corrected chi connectivity index (χ4v) is 4.40. The first-order valence-electron chi connectivity index (χ1n) is 11.1. The quantitative estimate of drug-likeness (QED) is 0.498. The van der Waals surface area contributed by atoms with Gasteiger partial charge in [-0.05, 0) is 45.4 Å². The van der Waals surface area contributed by atoms with E-state index in [0.717, 1.165) is 28.8 Å². The minimum atomic E-state index is -3.86. The molecular formula is C24H30F3N3O4S. The lowest BCUT2D eigenvalue weighted by Gasteiger charge is -2.30. The lowest BCUT2D eigenvalue weighted by molar-refractivity contribution is -0.140. The van der Waals surface area contributed by atoms with Gasteiger partial charge in [0, 0.05) is 37.2 Å². The molecule has 2 aromatic carbocycles. The Labute approximate surface area is 204 Å². The van der Waals surface area contributed by atoms with E-state index in [1.165, 1.54) is 30.0 Å². The van der Waals surface area contributed by atoms with Crippen molar-refractivity contribution in [3.8, 4) is 0 Å². The van der Waals surface area contributed by atoms with Crippen LogP contribution in [0.1, 0.15) is 39.2 Å². The van der Waals surface area contributed by atoms with Gasteiger partial charge in [0.15, 0.2) is 11.6 Å². The van der Waals surface area contributed by atoms with Crippen LogP contribution in [0.15, 0.2) is 42.5 Å². The third-order valence-corrected chi connectivity index (χ3v) is 6.43. The van der Waals surface area contributed by atoms with Crippen LogP contribution in [0.25, 0.3) is 0 Å². The number of carbonyl (C=O) groups excluding carboxylic acids is 2. The van der Waals surface area contributed by atoms with Crippen molar-refractivity contribution in [2.75, 3.05) is 17.1 Å². The number of carbonyl (C=O) groups is 2. The SMILES string of the molecule is CC(C)NC(=O)[C@H](C)N(Cc1ccccc1F)C(=O)CCCN(c1ccc(F)c(F)c1)S(C)(=O)=O. The molecule has 0 aliphatic carbocycles. The Morgan fingerprint density at radius 2 is 1.63 bits per heavy atom. The second kappa shape index (κ2) is 12.1. The summed E-state index contributed by atoms with van der Waals surface area (Å²) in [6, 6.07) is 7.52. The highest BCUT2D eigenvalue weighted by Gasteiger charge is 2.27. The maximum Gasteiger partial charge on any atom is 0.242 e. The topological polar surface area (TPSA) is 86.8 Å². The molecule has 2 amide bonds.